The van der Waals surface area contributed by atoms with E-state index in [4.69, 9.17) is 0 Å². The van der Waals surface area contributed by atoms with Gasteiger partial charge in [-0.2, -0.15) is 0 Å². The molecule has 1 aromatic carbocycles. The number of hydrogen-bond donors (Lipinski definition) is 0. The second-order valence-corrected chi connectivity index (χ2v) is 9.09. The van der Waals surface area contributed by atoms with Crippen LogP contribution in [0.15, 0.2) is 43.0 Å². The number of aromatic nitrogens is 4. The van der Waals surface area contributed by atoms with Crippen LogP contribution in [0.1, 0.15) is 38.1 Å². The van der Waals surface area contributed by atoms with Crippen LogP contribution in [-0.4, -0.2) is 44.9 Å². The number of carbonyl (C=O) groups is 1. The number of piperidine rings is 1. The predicted molar refractivity (Wildman–Crippen MR) is 121 cm³/mol. The zero-order valence-corrected chi connectivity index (χ0v) is 18.7. The fourth-order valence-electron chi connectivity index (χ4n) is 4.37. The molecule has 0 N–H and O–H groups in total. The Morgan fingerprint density at radius 1 is 0.939 bits per heavy atom. The molecule has 2 aromatic heterocycles. The van der Waals surface area contributed by atoms with E-state index < -0.39 is 11.3 Å². The Kier molecular flexibility index (Phi) is 4.88. The van der Waals surface area contributed by atoms with Crippen LogP contribution >= 0.6 is 0 Å². The van der Waals surface area contributed by atoms with Gasteiger partial charge < -0.3 is 4.90 Å². The standard InChI is InChI=1S/C24H24F2N6O/c1-15-28-11-17(12-29-15)16-4-5-18-19(10-16)32(22(33)23(18,2)3)21-14-27-13-20(30-21)31-8-6-24(25,26)7-9-31/h4-5,10-14H,6-9H2,1-3H3. The highest BCUT2D eigenvalue weighted by Gasteiger charge is 2.45. The molecule has 0 radical (unpaired) electrons. The summed E-state index contributed by atoms with van der Waals surface area (Å²) < 4.78 is 27.2. The molecule has 0 spiro atoms. The number of nitrogens with zero attached hydrogens (tertiary/aromatic N) is 6. The van der Waals surface area contributed by atoms with Crippen molar-refractivity contribution in [1.82, 2.24) is 19.9 Å². The van der Waals surface area contributed by atoms with E-state index in [0.717, 1.165) is 22.4 Å². The fourth-order valence-corrected chi connectivity index (χ4v) is 4.37. The summed E-state index contributed by atoms with van der Waals surface area (Å²) in [5, 5.41) is 0. The summed E-state index contributed by atoms with van der Waals surface area (Å²) >= 11 is 0. The lowest BCUT2D eigenvalue weighted by Gasteiger charge is -2.32. The Hall–Kier alpha value is -3.49. The van der Waals surface area contributed by atoms with Crippen molar-refractivity contribution in [3.63, 3.8) is 0 Å². The van der Waals surface area contributed by atoms with Gasteiger partial charge in [-0.25, -0.2) is 23.7 Å². The first-order valence-electron chi connectivity index (χ1n) is 10.9. The van der Waals surface area contributed by atoms with Gasteiger partial charge >= 0.3 is 0 Å². The topological polar surface area (TPSA) is 75.1 Å². The van der Waals surface area contributed by atoms with Gasteiger partial charge in [-0.15, -0.1) is 0 Å². The molecule has 2 aliphatic heterocycles. The smallest absolute Gasteiger partial charge is 0.251 e. The van der Waals surface area contributed by atoms with Crippen LogP contribution in [0.3, 0.4) is 0 Å². The van der Waals surface area contributed by atoms with Crippen molar-refractivity contribution in [3.05, 3.63) is 54.4 Å². The quantitative estimate of drug-likeness (QED) is 0.588. The number of rotatable bonds is 3. The molecule has 5 rings (SSSR count). The zero-order chi connectivity index (χ0) is 23.4. The molecular formula is C24H24F2N6O. The lowest BCUT2D eigenvalue weighted by molar-refractivity contribution is -0.121. The number of carbonyl (C=O) groups excluding carboxylic acids is 1. The van der Waals surface area contributed by atoms with Crippen LogP contribution in [0.25, 0.3) is 11.1 Å². The van der Waals surface area contributed by atoms with Gasteiger partial charge in [0.15, 0.2) is 5.82 Å². The lowest BCUT2D eigenvalue weighted by atomic mass is 9.85. The van der Waals surface area contributed by atoms with Crippen molar-refractivity contribution in [3.8, 4) is 11.1 Å². The van der Waals surface area contributed by atoms with E-state index >= 15 is 0 Å². The minimum absolute atomic E-state index is 0.119. The highest BCUT2D eigenvalue weighted by Crippen LogP contribution is 2.46. The number of anilines is 3. The van der Waals surface area contributed by atoms with E-state index in [9.17, 15) is 13.6 Å². The molecule has 4 heterocycles. The first-order valence-corrected chi connectivity index (χ1v) is 10.9. The average Bonchev–Trinajstić information content (AvgIpc) is 2.99. The summed E-state index contributed by atoms with van der Waals surface area (Å²) in [5.41, 5.74) is 2.58. The first kappa shape index (κ1) is 21.4. The molecule has 1 fully saturated rings. The average molecular weight is 450 g/mol. The first-order chi connectivity index (χ1) is 15.7. The molecule has 3 aromatic rings. The Labute approximate surface area is 190 Å². The fraction of sp³-hybridized carbons (Fsp3) is 0.375. The van der Waals surface area contributed by atoms with Crippen molar-refractivity contribution in [2.45, 2.75) is 45.0 Å². The number of aryl methyl sites for hydroxylation is 1. The molecule has 1 amide bonds. The van der Waals surface area contributed by atoms with E-state index in [2.05, 4.69) is 19.9 Å². The molecular weight excluding hydrogens is 426 g/mol. The summed E-state index contributed by atoms with van der Waals surface area (Å²) in [6.45, 7) is 5.97. The Balaban J connectivity index is 1.54. The number of halogens is 2. The van der Waals surface area contributed by atoms with Gasteiger partial charge in [0.2, 0.25) is 5.91 Å². The minimum atomic E-state index is -2.65. The largest absolute Gasteiger partial charge is 0.355 e. The van der Waals surface area contributed by atoms with E-state index in [1.165, 1.54) is 6.20 Å². The third kappa shape index (κ3) is 3.71. The highest BCUT2D eigenvalue weighted by molar-refractivity contribution is 6.12. The SMILES string of the molecule is Cc1ncc(-c2ccc3c(c2)N(c2cncc(N4CCC(F)(F)CC4)n2)C(=O)C3(C)C)cn1. The monoisotopic (exact) mass is 450 g/mol. The normalized spacial score (nSPS) is 19.0. The van der Waals surface area contributed by atoms with Gasteiger partial charge in [0.1, 0.15) is 11.6 Å². The molecule has 1 saturated heterocycles. The summed E-state index contributed by atoms with van der Waals surface area (Å²) in [5.74, 6) is -1.22. The number of amides is 1. The molecule has 0 aliphatic carbocycles. The van der Waals surface area contributed by atoms with Crippen LogP contribution in [0.2, 0.25) is 0 Å². The van der Waals surface area contributed by atoms with Crippen molar-refractivity contribution >= 4 is 23.2 Å². The van der Waals surface area contributed by atoms with E-state index in [1.807, 2.05) is 39.0 Å². The summed E-state index contributed by atoms with van der Waals surface area (Å²) in [4.78, 5) is 34.3. The van der Waals surface area contributed by atoms with Gasteiger partial charge in [0.25, 0.3) is 5.92 Å². The van der Waals surface area contributed by atoms with Gasteiger partial charge in [-0.05, 0) is 38.0 Å². The molecule has 7 nitrogen and oxygen atoms in total. The maximum Gasteiger partial charge on any atom is 0.251 e. The third-order valence-electron chi connectivity index (χ3n) is 6.42. The van der Waals surface area contributed by atoms with Gasteiger partial charge in [0, 0.05) is 43.9 Å². The van der Waals surface area contributed by atoms with E-state index in [-0.39, 0.29) is 31.8 Å². The maximum absolute atomic E-state index is 13.6. The van der Waals surface area contributed by atoms with Crippen LogP contribution in [0.4, 0.5) is 26.1 Å². The molecule has 0 unspecified atom stereocenters. The van der Waals surface area contributed by atoms with Gasteiger partial charge in [-0.1, -0.05) is 12.1 Å². The number of benzene rings is 1. The van der Waals surface area contributed by atoms with E-state index in [0.29, 0.717) is 17.5 Å². The summed E-state index contributed by atoms with van der Waals surface area (Å²) in [6, 6.07) is 5.85. The van der Waals surface area contributed by atoms with Crippen LogP contribution in [0, 0.1) is 6.92 Å². The molecule has 170 valence electrons. The van der Waals surface area contributed by atoms with Crippen LogP contribution in [-0.2, 0) is 10.2 Å². The Bertz CT molecular complexity index is 1220. The van der Waals surface area contributed by atoms with Crippen molar-refractivity contribution < 1.29 is 13.6 Å². The summed E-state index contributed by atoms with van der Waals surface area (Å²) in [6.07, 6.45) is 6.15. The Morgan fingerprint density at radius 3 is 2.30 bits per heavy atom. The lowest BCUT2D eigenvalue weighted by Crippen LogP contribution is -2.40. The zero-order valence-electron chi connectivity index (χ0n) is 18.7. The van der Waals surface area contributed by atoms with Crippen LogP contribution in [0.5, 0.6) is 0 Å². The maximum atomic E-state index is 13.6. The Morgan fingerprint density at radius 2 is 1.61 bits per heavy atom. The number of alkyl halides is 2. The summed E-state index contributed by atoms with van der Waals surface area (Å²) in [7, 11) is 0. The molecule has 0 bridgehead atoms. The molecule has 0 atom stereocenters. The molecule has 0 saturated carbocycles. The molecule has 9 heteroatoms. The minimum Gasteiger partial charge on any atom is -0.355 e. The second kappa shape index (κ2) is 7.54. The van der Waals surface area contributed by atoms with Gasteiger partial charge in [-0.3, -0.25) is 14.7 Å². The third-order valence-corrected chi connectivity index (χ3v) is 6.42. The highest BCUT2D eigenvalue weighted by atomic mass is 19.3. The van der Waals surface area contributed by atoms with E-state index in [1.54, 1.807) is 28.4 Å². The number of hydrogen-bond acceptors (Lipinski definition) is 6. The van der Waals surface area contributed by atoms with Crippen molar-refractivity contribution in [1.29, 1.82) is 0 Å². The molecule has 33 heavy (non-hydrogen) atoms. The second-order valence-electron chi connectivity index (χ2n) is 9.09. The predicted octanol–water partition coefficient (Wildman–Crippen LogP) is 4.43. The van der Waals surface area contributed by atoms with Gasteiger partial charge in [0.05, 0.1) is 23.5 Å². The number of fused-ring (bicyclic) bond motifs is 1. The van der Waals surface area contributed by atoms with Crippen molar-refractivity contribution in [2.75, 3.05) is 22.9 Å². The van der Waals surface area contributed by atoms with Crippen LogP contribution < -0.4 is 9.80 Å². The van der Waals surface area contributed by atoms with Crippen molar-refractivity contribution in [2.24, 2.45) is 0 Å². The molecule has 2 aliphatic rings.